The van der Waals surface area contributed by atoms with Gasteiger partial charge in [0, 0.05) is 37.0 Å². The second-order valence-corrected chi connectivity index (χ2v) is 6.35. The topological polar surface area (TPSA) is 41.0 Å². The minimum Gasteiger partial charge on any atom is -0.370 e. The molecule has 0 unspecified atom stereocenters. The van der Waals surface area contributed by atoms with E-state index in [4.69, 9.17) is 4.98 Å². The van der Waals surface area contributed by atoms with Gasteiger partial charge in [-0.3, -0.25) is 0 Å². The van der Waals surface area contributed by atoms with E-state index in [0.717, 1.165) is 56.4 Å². The normalized spacial score (nSPS) is 14.1. The Morgan fingerprint density at radius 1 is 1.33 bits per heavy atom. The van der Waals surface area contributed by atoms with Crippen LogP contribution in [-0.4, -0.2) is 23.1 Å². The van der Waals surface area contributed by atoms with Crippen molar-refractivity contribution >= 4 is 23.0 Å². The number of aryl methyl sites for hydroxylation is 1. The summed E-state index contributed by atoms with van der Waals surface area (Å²) in [6, 6.07) is 4.33. The molecule has 0 spiro atoms. The van der Waals surface area contributed by atoms with Gasteiger partial charge in [0.25, 0.3) is 0 Å². The van der Waals surface area contributed by atoms with Gasteiger partial charge in [0.05, 0.1) is 0 Å². The second kappa shape index (κ2) is 6.43. The number of hydrogen-bond donors (Lipinski definition) is 1. The van der Waals surface area contributed by atoms with Gasteiger partial charge in [-0.15, -0.1) is 11.3 Å². The number of hydrogen-bond acceptors (Lipinski definition) is 5. The maximum absolute atomic E-state index is 4.72. The third kappa shape index (κ3) is 3.18. The van der Waals surface area contributed by atoms with Crippen LogP contribution in [0.5, 0.6) is 0 Å². The van der Waals surface area contributed by atoms with Gasteiger partial charge in [-0.1, -0.05) is 13.8 Å². The minimum atomic E-state index is 0.867. The van der Waals surface area contributed by atoms with Crippen molar-refractivity contribution < 1.29 is 0 Å². The number of nitrogens with zero attached hydrogens (tertiary/aromatic N) is 3. The zero-order valence-electron chi connectivity index (χ0n) is 12.7. The molecule has 0 aromatic carbocycles. The van der Waals surface area contributed by atoms with Gasteiger partial charge in [0.15, 0.2) is 0 Å². The largest absolute Gasteiger partial charge is 0.370 e. The van der Waals surface area contributed by atoms with Crippen molar-refractivity contribution in [2.75, 3.05) is 23.3 Å². The molecule has 5 heteroatoms. The molecule has 112 valence electrons. The highest BCUT2D eigenvalue weighted by Gasteiger charge is 2.19. The molecule has 4 nitrogen and oxygen atoms in total. The molecule has 1 aliphatic rings. The number of anilines is 2. The molecular weight excluding hydrogens is 280 g/mol. The first-order valence-electron chi connectivity index (χ1n) is 7.72. The molecule has 0 atom stereocenters. The summed E-state index contributed by atoms with van der Waals surface area (Å²) in [5.41, 5.74) is 1.45. The van der Waals surface area contributed by atoms with Crippen molar-refractivity contribution in [2.45, 2.75) is 39.7 Å². The van der Waals surface area contributed by atoms with Gasteiger partial charge in [-0.05, 0) is 29.9 Å². The first kappa shape index (κ1) is 14.3. The van der Waals surface area contributed by atoms with E-state index >= 15 is 0 Å². The van der Waals surface area contributed by atoms with Crippen LogP contribution >= 0.6 is 11.3 Å². The fraction of sp³-hybridized carbons (Fsp3) is 0.500. The van der Waals surface area contributed by atoms with E-state index in [1.807, 2.05) is 11.3 Å². The maximum Gasteiger partial charge on any atom is 0.134 e. The summed E-state index contributed by atoms with van der Waals surface area (Å²) in [6.07, 6.45) is 3.09. The van der Waals surface area contributed by atoms with Gasteiger partial charge in [-0.2, -0.15) is 0 Å². The average molecular weight is 302 g/mol. The van der Waals surface area contributed by atoms with Crippen molar-refractivity contribution in [2.24, 2.45) is 0 Å². The highest BCUT2D eigenvalue weighted by molar-refractivity contribution is 7.10. The number of rotatable bonds is 5. The quantitative estimate of drug-likeness (QED) is 0.918. The van der Waals surface area contributed by atoms with Gasteiger partial charge in [-0.25, -0.2) is 9.97 Å². The van der Waals surface area contributed by atoms with E-state index in [-0.39, 0.29) is 0 Å². The van der Waals surface area contributed by atoms with Crippen molar-refractivity contribution in [3.05, 3.63) is 33.8 Å². The Morgan fingerprint density at radius 2 is 2.24 bits per heavy atom. The summed E-state index contributed by atoms with van der Waals surface area (Å²) in [6.45, 7) is 7.23. The Hall–Kier alpha value is -1.62. The van der Waals surface area contributed by atoms with Gasteiger partial charge in [0.2, 0.25) is 0 Å². The summed E-state index contributed by atoms with van der Waals surface area (Å²) >= 11 is 1.87. The predicted molar refractivity (Wildman–Crippen MR) is 89.3 cm³/mol. The van der Waals surface area contributed by atoms with Crippen molar-refractivity contribution in [1.29, 1.82) is 0 Å². The Morgan fingerprint density at radius 3 is 3.05 bits per heavy atom. The standard InChI is InChI=1S/C16H22N4S/c1-3-7-17-15-10-16(19-14(4-2)18-15)20-8-5-13-12(11-20)6-9-21-13/h6,9-10H,3-5,7-8,11H2,1-2H3,(H,17,18,19). The van der Waals surface area contributed by atoms with Crippen LogP contribution in [0, 0.1) is 0 Å². The van der Waals surface area contributed by atoms with Gasteiger partial charge < -0.3 is 10.2 Å². The molecule has 3 rings (SSSR count). The van der Waals surface area contributed by atoms with E-state index in [2.05, 4.69) is 46.6 Å². The minimum absolute atomic E-state index is 0.867. The molecule has 0 radical (unpaired) electrons. The van der Waals surface area contributed by atoms with Crippen LogP contribution in [0.2, 0.25) is 0 Å². The Kier molecular flexibility index (Phi) is 4.39. The van der Waals surface area contributed by atoms with E-state index < -0.39 is 0 Å². The van der Waals surface area contributed by atoms with Crippen molar-refractivity contribution in [3.8, 4) is 0 Å². The van der Waals surface area contributed by atoms with Gasteiger partial charge in [0.1, 0.15) is 17.5 Å². The molecule has 0 saturated carbocycles. The lowest BCUT2D eigenvalue weighted by Crippen LogP contribution is -2.30. The third-order valence-corrected chi connectivity index (χ3v) is 4.79. The number of thiophene rings is 1. The monoisotopic (exact) mass is 302 g/mol. The lowest BCUT2D eigenvalue weighted by molar-refractivity contribution is 0.725. The lowest BCUT2D eigenvalue weighted by atomic mass is 10.1. The fourth-order valence-corrected chi connectivity index (χ4v) is 3.48. The molecule has 0 bridgehead atoms. The first-order valence-corrected chi connectivity index (χ1v) is 8.60. The summed E-state index contributed by atoms with van der Waals surface area (Å²) in [5, 5.41) is 5.58. The Labute approximate surface area is 130 Å². The summed E-state index contributed by atoms with van der Waals surface area (Å²) in [5.74, 6) is 2.93. The molecule has 1 aliphatic heterocycles. The van der Waals surface area contributed by atoms with Gasteiger partial charge >= 0.3 is 0 Å². The van der Waals surface area contributed by atoms with E-state index in [1.165, 1.54) is 10.4 Å². The highest BCUT2D eigenvalue weighted by atomic mass is 32.1. The first-order chi connectivity index (χ1) is 10.3. The Bertz CT molecular complexity index is 608. The predicted octanol–water partition coefficient (Wildman–Crippen LogP) is 3.49. The van der Waals surface area contributed by atoms with Crippen LogP contribution in [0.15, 0.2) is 17.5 Å². The molecule has 0 aliphatic carbocycles. The molecule has 2 aromatic rings. The molecule has 21 heavy (non-hydrogen) atoms. The summed E-state index contributed by atoms with van der Waals surface area (Å²) < 4.78 is 0. The molecule has 1 N–H and O–H groups in total. The number of fused-ring (bicyclic) bond motifs is 1. The van der Waals surface area contributed by atoms with Crippen LogP contribution in [0.1, 0.15) is 36.5 Å². The zero-order valence-corrected chi connectivity index (χ0v) is 13.5. The third-order valence-electron chi connectivity index (χ3n) is 3.76. The zero-order chi connectivity index (χ0) is 14.7. The highest BCUT2D eigenvalue weighted by Crippen LogP contribution is 2.27. The van der Waals surface area contributed by atoms with Crippen LogP contribution in [0.3, 0.4) is 0 Å². The van der Waals surface area contributed by atoms with Crippen LogP contribution in [0.4, 0.5) is 11.6 Å². The molecule has 2 aromatic heterocycles. The average Bonchev–Trinajstić information content (AvgIpc) is 3.00. The number of nitrogens with one attached hydrogen (secondary N) is 1. The molecule has 3 heterocycles. The van der Waals surface area contributed by atoms with Crippen molar-refractivity contribution in [1.82, 2.24) is 9.97 Å². The molecule has 0 amide bonds. The van der Waals surface area contributed by atoms with E-state index in [1.54, 1.807) is 0 Å². The maximum atomic E-state index is 4.72. The Balaban J connectivity index is 1.84. The van der Waals surface area contributed by atoms with E-state index in [9.17, 15) is 0 Å². The molecule has 0 saturated heterocycles. The van der Waals surface area contributed by atoms with Crippen LogP contribution in [-0.2, 0) is 19.4 Å². The second-order valence-electron chi connectivity index (χ2n) is 5.35. The number of aromatic nitrogens is 2. The lowest BCUT2D eigenvalue weighted by Gasteiger charge is -2.28. The molecule has 0 fully saturated rings. The summed E-state index contributed by atoms with van der Waals surface area (Å²) in [7, 11) is 0. The smallest absolute Gasteiger partial charge is 0.134 e. The molecular formula is C16H22N4S. The van der Waals surface area contributed by atoms with E-state index in [0.29, 0.717) is 0 Å². The summed E-state index contributed by atoms with van der Waals surface area (Å²) in [4.78, 5) is 13.2. The van der Waals surface area contributed by atoms with Crippen LogP contribution in [0.25, 0.3) is 0 Å². The van der Waals surface area contributed by atoms with Crippen molar-refractivity contribution in [3.63, 3.8) is 0 Å². The fourth-order valence-electron chi connectivity index (χ4n) is 2.59. The van der Waals surface area contributed by atoms with Crippen LogP contribution < -0.4 is 10.2 Å². The SMILES string of the molecule is CCCNc1cc(N2CCc3sccc3C2)nc(CC)n1.